The molecule has 1 amide bonds. The third-order valence-corrected chi connectivity index (χ3v) is 3.70. The molecule has 3 heterocycles. The molecule has 0 spiro atoms. The van der Waals surface area contributed by atoms with Crippen molar-refractivity contribution in [3.05, 3.63) is 24.0 Å². The summed E-state index contributed by atoms with van der Waals surface area (Å²) in [4.78, 5) is 16.2. The van der Waals surface area contributed by atoms with Crippen molar-refractivity contribution in [3.63, 3.8) is 0 Å². The molecule has 0 radical (unpaired) electrons. The zero-order valence-corrected chi connectivity index (χ0v) is 10.3. The summed E-state index contributed by atoms with van der Waals surface area (Å²) in [6.07, 6.45) is 5.30. The van der Waals surface area contributed by atoms with Crippen molar-refractivity contribution >= 4 is 11.6 Å². The number of hydrogen-bond acceptors (Lipinski definition) is 4. The van der Waals surface area contributed by atoms with Gasteiger partial charge in [-0.2, -0.15) is 0 Å². The third-order valence-electron chi connectivity index (χ3n) is 3.70. The number of carbonyl (C=O) groups excluding carboxylic acids is 1. The lowest BCUT2D eigenvalue weighted by atomic mass is 9.95. The first-order chi connectivity index (χ1) is 8.76. The number of carbonyl (C=O) groups is 1. The fourth-order valence-electron chi connectivity index (χ4n) is 2.74. The van der Waals surface area contributed by atoms with Crippen molar-refractivity contribution in [2.45, 2.75) is 37.5 Å². The molecule has 2 fully saturated rings. The minimum Gasteiger partial charge on any atom is -0.388 e. The number of anilines is 1. The van der Waals surface area contributed by atoms with Crippen LogP contribution >= 0.6 is 0 Å². The Bertz CT molecular complexity index is 463. The normalized spacial score (nSPS) is 29.3. The topological polar surface area (TPSA) is 63.2 Å². The molecule has 5 nitrogen and oxygen atoms in total. The fraction of sp³-hybridized carbons (Fsp3) is 0.538. The van der Waals surface area contributed by atoms with Gasteiger partial charge in [-0.3, -0.25) is 9.78 Å². The predicted molar refractivity (Wildman–Crippen MR) is 67.5 cm³/mol. The van der Waals surface area contributed by atoms with E-state index in [0.717, 1.165) is 24.9 Å². The minimum absolute atomic E-state index is 0.117. The van der Waals surface area contributed by atoms with Gasteiger partial charge in [0.2, 0.25) is 0 Å². The Labute approximate surface area is 106 Å². The number of ether oxygens (including phenoxy) is 1. The maximum Gasteiger partial charge on any atom is 0.270 e. The molecule has 3 rings (SSSR count). The van der Waals surface area contributed by atoms with E-state index >= 15 is 0 Å². The van der Waals surface area contributed by atoms with Gasteiger partial charge in [0.05, 0.1) is 18.2 Å². The van der Waals surface area contributed by atoms with Gasteiger partial charge in [0.15, 0.2) is 0 Å². The van der Waals surface area contributed by atoms with Crippen LogP contribution < -0.4 is 10.6 Å². The van der Waals surface area contributed by atoms with Crippen LogP contribution in [-0.4, -0.2) is 36.2 Å². The first kappa shape index (κ1) is 11.5. The maximum atomic E-state index is 12.1. The van der Waals surface area contributed by atoms with Gasteiger partial charge in [0, 0.05) is 18.9 Å². The predicted octanol–water partition coefficient (Wildman–Crippen LogP) is 1.17. The van der Waals surface area contributed by atoms with Gasteiger partial charge in [-0.05, 0) is 31.4 Å². The summed E-state index contributed by atoms with van der Waals surface area (Å²) in [6, 6.07) is 3.73. The van der Waals surface area contributed by atoms with E-state index in [-0.39, 0.29) is 18.1 Å². The highest BCUT2D eigenvalue weighted by Crippen LogP contribution is 2.34. The Balaban J connectivity index is 1.67. The van der Waals surface area contributed by atoms with Crippen LogP contribution in [0.5, 0.6) is 0 Å². The average Bonchev–Trinajstić information content (AvgIpc) is 3.01. The van der Waals surface area contributed by atoms with Gasteiger partial charge in [-0.1, -0.05) is 0 Å². The Morgan fingerprint density at radius 1 is 1.50 bits per heavy atom. The Morgan fingerprint density at radius 2 is 2.39 bits per heavy atom. The van der Waals surface area contributed by atoms with Crippen LogP contribution in [0, 0.1) is 0 Å². The quantitative estimate of drug-likeness (QED) is 0.841. The highest BCUT2D eigenvalue weighted by atomic mass is 16.5. The van der Waals surface area contributed by atoms with E-state index in [1.165, 1.54) is 0 Å². The summed E-state index contributed by atoms with van der Waals surface area (Å²) in [5.41, 5.74) is 1.34. The molecule has 18 heavy (non-hydrogen) atoms. The smallest absolute Gasteiger partial charge is 0.270 e. The second-order valence-electron chi connectivity index (χ2n) is 4.87. The van der Waals surface area contributed by atoms with Crippen molar-refractivity contribution in [2.75, 3.05) is 12.4 Å². The lowest BCUT2D eigenvalue weighted by molar-refractivity contribution is 0.0837. The third kappa shape index (κ3) is 2.06. The Hall–Kier alpha value is -1.62. The summed E-state index contributed by atoms with van der Waals surface area (Å²) < 4.78 is 5.72. The van der Waals surface area contributed by atoms with Crippen molar-refractivity contribution < 1.29 is 9.53 Å². The minimum atomic E-state index is -0.117. The van der Waals surface area contributed by atoms with E-state index in [1.54, 1.807) is 12.3 Å². The molecule has 0 aliphatic carbocycles. The lowest BCUT2D eigenvalue weighted by Crippen LogP contribution is -2.41. The lowest BCUT2D eigenvalue weighted by Gasteiger charge is -2.19. The number of hydrogen-bond donors (Lipinski definition) is 2. The summed E-state index contributed by atoms with van der Waals surface area (Å²) in [5.74, 6) is -0.117. The van der Waals surface area contributed by atoms with Crippen molar-refractivity contribution in [2.24, 2.45) is 0 Å². The van der Waals surface area contributed by atoms with Crippen LogP contribution in [0.3, 0.4) is 0 Å². The highest BCUT2D eigenvalue weighted by molar-refractivity contribution is 5.93. The number of nitrogens with one attached hydrogen (secondary N) is 2. The molecule has 1 aromatic heterocycles. The molecule has 0 saturated carbocycles. The highest BCUT2D eigenvalue weighted by Gasteiger charge is 2.41. The van der Waals surface area contributed by atoms with E-state index in [4.69, 9.17) is 4.74 Å². The van der Waals surface area contributed by atoms with Gasteiger partial charge in [-0.15, -0.1) is 0 Å². The average molecular weight is 247 g/mol. The fourth-order valence-corrected chi connectivity index (χ4v) is 2.74. The summed E-state index contributed by atoms with van der Waals surface area (Å²) >= 11 is 0. The number of pyridine rings is 1. The summed E-state index contributed by atoms with van der Waals surface area (Å²) in [7, 11) is 1.82. The van der Waals surface area contributed by atoms with E-state index < -0.39 is 0 Å². The van der Waals surface area contributed by atoms with E-state index in [9.17, 15) is 4.79 Å². The SMILES string of the molecule is CNc1ccnc(C(=O)NC2CC3CCC2O3)c1. The molecular formula is C13H17N3O2. The van der Waals surface area contributed by atoms with Crippen LogP contribution in [0.2, 0.25) is 0 Å². The van der Waals surface area contributed by atoms with Crippen LogP contribution in [0.1, 0.15) is 29.8 Å². The summed E-state index contributed by atoms with van der Waals surface area (Å²) in [6.45, 7) is 0. The maximum absolute atomic E-state index is 12.1. The second-order valence-corrected chi connectivity index (χ2v) is 4.87. The number of amides is 1. The first-order valence-corrected chi connectivity index (χ1v) is 6.36. The Kier molecular flexibility index (Phi) is 2.91. The van der Waals surface area contributed by atoms with Crippen LogP contribution in [-0.2, 0) is 4.74 Å². The number of aromatic nitrogens is 1. The van der Waals surface area contributed by atoms with Crippen LogP contribution in [0.15, 0.2) is 18.3 Å². The number of rotatable bonds is 3. The number of nitrogens with zero attached hydrogens (tertiary/aromatic N) is 1. The van der Waals surface area contributed by atoms with Crippen LogP contribution in [0.25, 0.3) is 0 Å². The van der Waals surface area contributed by atoms with E-state index in [0.29, 0.717) is 11.8 Å². The van der Waals surface area contributed by atoms with E-state index in [2.05, 4.69) is 15.6 Å². The van der Waals surface area contributed by atoms with Gasteiger partial charge in [-0.25, -0.2) is 0 Å². The molecule has 96 valence electrons. The Morgan fingerprint density at radius 3 is 3.06 bits per heavy atom. The summed E-state index contributed by atoms with van der Waals surface area (Å²) in [5, 5.41) is 6.02. The zero-order chi connectivity index (χ0) is 12.5. The van der Waals surface area contributed by atoms with Gasteiger partial charge in [0.25, 0.3) is 5.91 Å². The molecule has 2 saturated heterocycles. The number of fused-ring (bicyclic) bond motifs is 2. The van der Waals surface area contributed by atoms with E-state index in [1.807, 2.05) is 13.1 Å². The standard InChI is InChI=1S/C13H17N3O2/c1-14-8-4-5-15-11(6-8)13(17)16-10-7-9-2-3-12(10)18-9/h4-6,9-10,12H,2-3,7H2,1H3,(H,14,15)(H,16,17). The van der Waals surface area contributed by atoms with Crippen molar-refractivity contribution in [1.29, 1.82) is 0 Å². The monoisotopic (exact) mass is 247 g/mol. The molecule has 5 heteroatoms. The molecule has 3 atom stereocenters. The zero-order valence-electron chi connectivity index (χ0n) is 10.3. The molecule has 2 aliphatic heterocycles. The first-order valence-electron chi connectivity index (χ1n) is 6.36. The second kappa shape index (κ2) is 4.57. The molecule has 0 aromatic carbocycles. The largest absolute Gasteiger partial charge is 0.388 e. The van der Waals surface area contributed by atoms with Crippen molar-refractivity contribution in [1.82, 2.24) is 10.3 Å². The van der Waals surface area contributed by atoms with Gasteiger partial charge >= 0.3 is 0 Å². The molecule has 1 aromatic rings. The molecule has 2 aliphatic rings. The van der Waals surface area contributed by atoms with Crippen LogP contribution in [0.4, 0.5) is 5.69 Å². The van der Waals surface area contributed by atoms with Gasteiger partial charge in [0.1, 0.15) is 5.69 Å². The molecular weight excluding hydrogens is 230 g/mol. The van der Waals surface area contributed by atoms with Gasteiger partial charge < -0.3 is 15.4 Å². The molecule has 3 unspecified atom stereocenters. The molecule has 2 bridgehead atoms. The van der Waals surface area contributed by atoms with Crippen molar-refractivity contribution in [3.8, 4) is 0 Å². The molecule has 2 N–H and O–H groups in total.